The van der Waals surface area contributed by atoms with E-state index in [-0.39, 0.29) is 6.61 Å². The van der Waals surface area contributed by atoms with Crippen LogP contribution in [0.4, 0.5) is 0 Å². The highest BCUT2D eigenvalue weighted by atomic mass is 16.5. The molecule has 0 aliphatic carbocycles. The van der Waals surface area contributed by atoms with E-state index < -0.39 is 0 Å². The van der Waals surface area contributed by atoms with Crippen molar-refractivity contribution in [3.63, 3.8) is 0 Å². The fourth-order valence-electron chi connectivity index (χ4n) is 1.87. The molecule has 1 fully saturated rings. The Kier molecular flexibility index (Phi) is 3.16. The molecule has 1 aliphatic heterocycles. The third-order valence-corrected chi connectivity index (χ3v) is 2.74. The number of ether oxygens (including phenoxy) is 1. The summed E-state index contributed by atoms with van der Waals surface area (Å²) in [5, 5.41) is 9.03. The summed E-state index contributed by atoms with van der Waals surface area (Å²) in [5.41, 5.74) is 0. The number of aliphatic hydroxyl groups is 1. The normalized spacial score (nSPS) is 18.6. The van der Waals surface area contributed by atoms with Crippen molar-refractivity contribution in [2.24, 2.45) is 5.92 Å². The molecule has 78 valence electrons. The van der Waals surface area contributed by atoms with Gasteiger partial charge in [0.1, 0.15) is 12.4 Å². The predicted octanol–water partition coefficient (Wildman–Crippen LogP) is 0.802. The van der Waals surface area contributed by atoms with Gasteiger partial charge in [-0.3, -0.25) is 0 Å². The number of imidazole rings is 1. The predicted molar refractivity (Wildman–Crippen MR) is 51.7 cm³/mol. The van der Waals surface area contributed by atoms with E-state index in [0.29, 0.717) is 5.92 Å². The Bertz CT molecular complexity index is 279. The zero-order chi connectivity index (χ0) is 9.80. The number of aromatic nitrogens is 2. The lowest BCUT2D eigenvalue weighted by molar-refractivity contribution is 0.0606. The number of hydrogen-bond donors (Lipinski definition) is 1. The van der Waals surface area contributed by atoms with Crippen LogP contribution in [0.1, 0.15) is 18.7 Å². The lowest BCUT2D eigenvalue weighted by Crippen LogP contribution is -2.21. The van der Waals surface area contributed by atoms with Crippen LogP contribution in [0.3, 0.4) is 0 Å². The molecule has 4 nitrogen and oxygen atoms in total. The molecule has 2 rings (SSSR count). The summed E-state index contributed by atoms with van der Waals surface area (Å²) in [4.78, 5) is 4.08. The first-order chi connectivity index (χ1) is 6.90. The van der Waals surface area contributed by atoms with Crippen LogP contribution in [0.25, 0.3) is 0 Å². The second-order valence-corrected chi connectivity index (χ2v) is 3.71. The molecule has 0 amide bonds. The fourth-order valence-corrected chi connectivity index (χ4v) is 1.87. The highest BCUT2D eigenvalue weighted by Gasteiger charge is 2.15. The summed E-state index contributed by atoms with van der Waals surface area (Å²) in [6.07, 6.45) is 5.90. The van der Waals surface area contributed by atoms with Gasteiger partial charge in [-0.1, -0.05) is 0 Å². The highest BCUT2D eigenvalue weighted by Crippen LogP contribution is 2.17. The lowest BCUT2D eigenvalue weighted by Gasteiger charge is -2.22. The Hall–Kier alpha value is -0.870. The smallest absolute Gasteiger partial charge is 0.134 e. The van der Waals surface area contributed by atoms with Crippen LogP contribution in [-0.4, -0.2) is 27.9 Å². The van der Waals surface area contributed by atoms with Crippen LogP contribution in [0.2, 0.25) is 0 Å². The summed E-state index contributed by atoms with van der Waals surface area (Å²) >= 11 is 0. The highest BCUT2D eigenvalue weighted by molar-refractivity contribution is 4.90. The molecule has 0 unspecified atom stereocenters. The molecule has 0 bridgehead atoms. The van der Waals surface area contributed by atoms with Gasteiger partial charge >= 0.3 is 0 Å². The van der Waals surface area contributed by atoms with Crippen LogP contribution in [-0.2, 0) is 17.9 Å². The van der Waals surface area contributed by atoms with Crippen molar-refractivity contribution in [2.75, 3.05) is 13.2 Å². The molecule has 1 saturated heterocycles. The SMILES string of the molecule is OCc1nccn1CC1CCOCC1. The molecule has 0 saturated carbocycles. The first kappa shape index (κ1) is 9.68. The Labute approximate surface area is 83.5 Å². The number of nitrogens with zero attached hydrogens (tertiary/aromatic N) is 2. The Morgan fingerprint density at radius 1 is 1.50 bits per heavy atom. The zero-order valence-electron chi connectivity index (χ0n) is 8.22. The average Bonchev–Trinajstić information content (AvgIpc) is 2.67. The molecule has 0 atom stereocenters. The van der Waals surface area contributed by atoms with Gasteiger partial charge in [0.25, 0.3) is 0 Å². The van der Waals surface area contributed by atoms with Crippen molar-refractivity contribution in [2.45, 2.75) is 26.0 Å². The van der Waals surface area contributed by atoms with Crippen LogP contribution in [0.15, 0.2) is 12.4 Å². The molecular formula is C10H16N2O2. The topological polar surface area (TPSA) is 47.3 Å². The first-order valence-electron chi connectivity index (χ1n) is 5.09. The molecule has 0 radical (unpaired) electrons. The van der Waals surface area contributed by atoms with Gasteiger partial charge in [0, 0.05) is 32.2 Å². The van der Waals surface area contributed by atoms with Gasteiger partial charge in [0.2, 0.25) is 0 Å². The van der Waals surface area contributed by atoms with Gasteiger partial charge < -0.3 is 14.4 Å². The molecule has 1 aromatic heterocycles. The number of hydrogen-bond acceptors (Lipinski definition) is 3. The molecule has 1 aromatic rings. The average molecular weight is 196 g/mol. The molecule has 0 aromatic carbocycles. The molecular weight excluding hydrogens is 180 g/mol. The van der Waals surface area contributed by atoms with Gasteiger partial charge in [-0.25, -0.2) is 4.98 Å². The van der Waals surface area contributed by atoms with Gasteiger partial charge in [-0.2, -0.15) is 0 Å². The van der Waals surface area contributed by atoms with Crippen molar-refractivity contribution in [3.05, 3.63) is 18.2 Å². The summed E-state index contributed by atoms with van der Waals surface area (Å²) < 4.78 is 7.34. The van der Waals surface area contributed by atoms with Crippen molar-refractivity contribution in [1.82, 2.24) is 9.55 Å². The Morgan fingerprint density at radius 2 is 2.29 bits per heavy atom. The van der Waals surface area contributed by atoms with E-state index in [4.69, 9.17) is 9.84 Å². The van der Waals surface area contributed by atoms with Crippen molar-refractivity contribution >= 4 is 0 Å². The van der Waals surface area contributed by atoms with Gasteiger partial charge in [-0.05, 0) is 18.8 Å². The van der Waals surface area contributed by atoms with Crippen LogP contribution < -0.4 is 0 Å². The van der Waals surface area contributed by atoms with Crippen LogP contribution in [0, 0.1) is 5.92 Å². The van der Waals surface area contributed by atoms with Crippen LogP contribution >= 0.6 is 0 Å². The van der Waals surface area contributed by atoms with E-state index in [1.54, 1.807) is 6.20 Å². The molecule has 4 heteroatoms. The Balaban J connectivity index is 1.95. The minimum absolute atomic E-state index is 0.0240. The first-order valence-corrected chi connectivity index (χ1v) is 5.09. The fraction of sp³-hybridized carbons (Fsp3) is 0.700. The maximum absolute atomic E-state index is 9.03. The van der Waals surface area contributed by atoms with Gasteiger partial charge in [-0.15, -0.1) is 0 Å². The monoisotopic (exact) mass is 196 g/mol. The summed E-state index contributed by atoms with van der Waals surface area (Å²) in [5.74, 6) is 1.43. The van der Waals surface area contributed by atoms with Crippen LogP contribution in [0.5, 0.6) is 0 Å². The van der Waals surface area contributed by atoms with Crippen molar-refractivity contribution < 1.29 is 9.84 Å². The summed E-state index contributed by atoms with van der Waals surface area (Å²) in [6, 6.07) is 0. The minimum Gasteiger partial charge on any atom is -0.388 e. The van der Waals surface area contributed by atoms with E-state index >= 15 is 0 Å². The Morgan fingerprint density at radius 3 is 3.00 bits per heavy atom. The van der Waals surface area contributed by atoms with Crippen molar-refractivity contribution in [1.29, 1.82) is 0 Å². The molecule has 1 N–H and O–H groups in total. The second-order valence-electron chi connectivity index (χ2n) is 3.71. The lowest BCUT2D eigenvalue weighted by atomic mass is 10.0. The van der Waals surface area contributed by atoms with Gasteiger partial charge in [0.15, 0.2) is 0 Å². The number of aliphatic hydroxyl groups excluding tert-OH is 1. The number of rotatable bonds is 3. The maximum Gasteiger partial charge on any atom is 0.134 e. The molecule has 1 aliphatic rings. The molecule has 0 spiro atoms. The molecule has 14 heavy (non-hydrogen) atoms. The van der Waals surface area contributed by atoms with E-state index in [2.05, 4.69) is 4.98 Å². The third-order valence-electron chi connectivity index (χ3n) is 2.74. The van der Waals surface area contributed by atoms with E-state index in [1.807, 2.05) is 10.8 Å². The van der Waals surface area contributed by atoms with E-state index in [9.17, 15) is 0 Å². The minimum atomic E-state index is 0.0240. The van der Waals surface area contributed by atoms with E-state index in [1.165, 1.54) is 0 Å². The van der Waals surface area contributed by atoms with Gasteiger partial charge in [0.05, 0.1) is 0 Å². The molecule has 2 heterocycles. The van der Waals surface area contributed by atoms with E-state index in [0.717, 1.165) is 38.4 Å². The quantitative estimate of drug-likeness (QED) is 0.778. The summed E-state index contributed by atoms with van der Waals surface area (Å²) in [7, 11) is 0. The largest absolute Gasteiger partial charge is 0.388 e. The third kappa shape index (κ3) is 2.13. The zero-order valence-corrected chi connectivity index (χ0v) is 8.22. The second kappa shape index (κ2) is 4.57. The maximum atomic E-state index is 9.03. The summed E-state index contributed by atoms with van der Waals surface area (Å²) in [6.45, 7) is 2.72. The standard InChI is InChI=1S/C10H16N2O2/c13-8-10-11-3-4-12(10)7-9-1-5-14-6-2-9/h3-4,9,13H,1-2,5-8H2. The van der Waals surface area contributed by atoms with Crippen molar-refractivity contribution in [3.8, 4) is 0 Å².